The van der Waals surface area contributed by atoms with Crippen LogP contribution in [0.3, 0.4) is 0 Å². The first-order valence-electron chi connectivity index (χ1n) is 6.82. The van der Waals surface area contributed by atoms with E-state index in [9.17, 15) is 4.79 Å². The van der Waals surface area contributed by atoms with Crippen molar-refractivity contribution in [3.63, 3.8) is 0 Å². The Hall–Kier alpha value is -1.59. The number of carbonyl (C=O) groups is 1. The van der Waals surface area contributed by atoms with Gasteiger partial charge >= 0.3 is 0 Å². The maximum atomic E-state index is 12.0. The number of hydrogen-bond donors (Lipinski definition) is 2. The Morgan fingerprint density at radius 3 is 2.70 bits per heavy atom. The van der Waals surface area contributed by atoms with E-state index in [0.29, 0.717) is 18.7 Å². The van der Waals surface area contributed by atoms with Gasteiger partial charge in [-0.25, -0.2) is 0 Å². The van der Waals surface area contributed by atoms with Crippen molar-refractivity contribution in [3.05, 3.63) is 29.3 Å². The summed E-state index contributed by atoms with van der Waals surface area (Å²) in [6.07, 6.45) is 0. The molecule has 0 aliphatic heterocycles. The summed E-state index contributed by atoms with van der Waals surface area (Å²) in [6.45, 7) is 4.99. The molecule has 0 atom stereocenters. The van der Waals surface area contributed by atoms with Gasteiger partial charge in [0.05, 0.1) is 6.61 Å². The number of nitrogens with one attached hydrogen (secondary N) is 2. The van der Waals surface area contributed by atoms with Crippen LogP contribution in [-0.2, 0) is 4.74 Å². The standard InChI is InChI=1S/C15H25N3O2/c1-12-11-13(5-6-14(12)16-2)15(19)17-7-8-18(3)9-10-20-4/h5-6,11,16H,7-10H2,1-4H3,(H,17,19). The Bertz CT molecular complexity index is 435. The second-order valence-electron chi connectivity index (χ2n) is 4.83. The minimum absolute atomic E-state index is 0.0316. The Balaban J connectivity index is 2.41. The smallest absolute Gasteiger partial charge is 0.251 e. The summed E-state index contributed by atoms with van der Waals surface area (Å²) < 4.78 is 5.01. The molecule has 112 valence electrons. The molecular formula is C15H25N3O2. The molecular weight excluding hydrogens is 254 g/mol. The number of methoxy groups -OCH3 is 1. The topological polar surface area (TPSA) is 53.6 Å². The number of ether oxygens (including phenoxy) is 1. The molecule has 5 nitrogen and oxygen atoms in total. The van der Waals surface area contributed by atoms with Crippen LogP contribution >= 0.6 is 0 Å². The van der Waals surface area contributed by atoms with Gasteiger partial charge in [-0.3, -0.25) is 4.79 Å². The number of aryl methyl sites for hydroxylation is 1. The Labute approximate surface area is 121 Å². The fourth-order valence-electron chi connectivity index (χ4n) is 1.91. The second-order valence-corrected chi connectivity index (χ2v) is 4.83. The molecule has 0 aliphatic rings. The third kappa shape index (κ3) is 5.19. The first-order chi connectivity index (χ1) is 9.58. The zero-order valence-electron chi connectivity index (χ0n) is 12.8. The van der Waals surface area contributed by atoms with Gasteiger partial charge in [0.2, 0.25) is 0 Å². The van der Waals surface area contributed by atoms with E-state index >= 15 is 0 Å². The molecule has 1 amide bonds. The van der Waals surface area contributed by atoms with Gasteiger partial charge in [-0.15, -0.1) is 0 Å². The summed E-state index contributed by atoms with van der Waals surface area (Å²) in [5.74, 6) is -0.0316. The van der Waals surface area contributed by atoms with Gasteiger partial charge in [0.1, 0.15) is 0 Å². The predicted molar refractivity (Wildman–Crippen MR) is 82.4 cm³/mol. The van der Waals surface area contributed by atoms with Gasteiger partial charge in [-0.05, 0) is 37.7 Å². The van der Waals surface area contributed by atoms with E-state index in [1.807, 2.05) is 39.2 Å². The maximum absolute atomic E-state index is 12.0. The Kier molecular flexibility index (Phi) is 7.04. The molecule has 0 aromatic heterocycles. The van der Waals surface area contributed by atoms with Crippen molar-refractivity contribution >= 4 is 11.6 Å². The number of likely N-dealkylation sites (N-methyl/N-ethyl adjacent to an activating group) is 1. The lowest BCUT2D eigenvalue weighted by molar-refractivity contribution is 0.0947. The molecule has 0 radical (unpaired) electrons. The second kappa shape index (κ2) is 8.55. The van der Waals surface area contributed by atoms with Crippen LogP contribution in [0, 0.1) is 6.92 Å². The lowest BCUT2D eigenvalue weighted by Gasteiger charge is -2.16. The zero-order chi connectivity index (χ0) is 15.0. The third-order valence-corrected chi connectivity index (χ3v) is 3.21. The van der Waals surface area contributed by atoms with Crippen LogP contribution in [0.1, 0.15) is 15.9 Å². The maximum Gasteiger partial charge on any atom is 0.251 e. The minimum Gasteiger partial charge on any atom is -0.388 e. The molecule has 0 aliphatic carbocycles. The summed E-state index contributed by atoms with van der Waals surface area (Å²) in [5, 5.41) is 6.02. The van der Waals surface area contributed by atoms with Crippen molar-refractivity contribution < 1.29 is 9.53 Å². The van der Waals surface area contributed by atoms with Crippen LogP contribution in [0.15, 0.2) is 18.2 Å². The monoisotopic (exact) mass is 279 g/mol. The van der Waals surface area contributed by atoms with Crippen molar-refractivity contribution in [2.24, 2.45) is 0 Å². The molecule has 0 fully saturated rings. The average Bonchev–Trinajstić information content (AvgIpc) is 2.44. The SMILES string of the molecule is CNc1ccc(C(=O)NCCN(C)CCOC)cc1C. The molecule has 20 heavy (non-hydrogen) atoms. The van der Waals surface area contributed by atoms with E-state index < -0.39 is 0 Å². The summed E-state index contributed by atoms with van der Waals surface area (Å²) in [6, 6.07) is 5.66. The number of anilines is 1. The number of rotatable bonds is 8. The van der Waals surface area contributed by atoms with Gasteiger partial charge in [-0.1, -0.05) is 0 Å². The highest BCUT2D eigenvalue weighted by molar-refractivity contribution is 5.94. The van der Waals surface area contributed by atoms with Gasteiger partial charge < -0.3 is 20.3 Å². The van der Waals surface area contributed by atoms with E-state index in [-0.39, 0.29) is 5.91 Å². The van der Waals surface area contributed by atoms with Crippen molar-refractivity contribution in [2.45, 2.75) is 6.92 Å². The molecule has 0 saturated carbocycles. The number of nitrogens with zero attached hydrogens (tertiary/aromatic N) is 1. The molecule has 2 N–H and O–H groups in total. The van der Waals surface area contributed by atoms with Crippen molar-refractivity contribution in [1.82, 2.24) is 10.2 Å². The minimum atomic E-state index is -0.0316. The number of carbonyl (C=O) groups excluding carboxylic acids is 1. The molecule has 0 heterocycles. The normalized spacial score (nSPS) is 10.7. The first-order valence-corrected chi connectivity index (χ1v) is 6.82. The zero-order valence-corrected chi connectivity index (χ0v) is 12.8. The number of hydrogen-bond acceptors (Lipinski definition) is 4. The highest BCUT2D eigenvalue weighted by atomic mass is 16.5. The number of amides is 1. The molecule has 1 aromatic carbocycles. The highest BCUT2D eigenvalue weighted by Gasteiger charge is 2.07. The first kappa shape index (κ1) is 16.5. The van der Waals surface area contributed by atoms with Gasteiger partial charge in [0, 0.05) is 45.0 Å². The number of benzene rings is 1. The van der Waals surface area contributed by atoms with Gasteiger partial charge in [-0.2, -0.15) is 0 Å². The summed E-state index contributed by atoms with van der Waals surface area (Å²) in [4.78, 5) is 14.1. The summed E-state index contributed by atoms with van der Waals surface area (Å²) in [7, 11) is 5.57. The van der Waals surface area contributed by atoms with Crippen LogP contribution in [0.5, 0.6) is 0 Å². The Morgan fingerprint density at radius 2 is 2.10 bits per heavy atom. The molecule has 1 rings (SSSR count). The summed E-state index contributed by atoms with van der Waals surface area (Å²) >= 11 is 0. The van der Waals surface area contributed by atoms with E-state index in [0.717, 1.165) is 24.3 Å². The lowest BCUT2D eigenvalue weighted by Crippen LogP contribution is -2.34. The predicted octanol–water partition coefficient (Wildman–Crippen LogP) is 1.34. The molecule has 1 aromatic rings. The van der Waals surface area contributed by atoms with Gasteiger partial charge in [0.15, 0.2) is 0 Å². The van der Waals surface area contributed by atoms with Crippen LogP contribution in [0.4, 0.5) is 5.69 Å². The molecule has 5 heteroatoms. The fourth-order valence-corrected chi connectivity index (χ4v) is 1.91. The third-order valence-electron chi connectivity index (χ3n) is 3.21. The fraction of sp³-hybridized carbons (Fsp3) is 0.533. The molecule has 0 unspecified atom stereocenters. The van der Waals surface area contributed by atoms with Crippen LogP contribution in [0.25, 0.3) is 0 Å². The Morgan fingerprint density at radius 1 is 1.35 bits per heavy atom. The van der Waals surface area contributed by atoms with E-state index in [1.54, 1.807) is 7.11 Å². The quantitative estimate of drug-likeness (QED) is 0.754. The summed E-state index contributed by atoms with van der Waals surface area (Å²) in [5.41, 5.74) is 2.80. The van der Waals surface area contributed by atoms with Crippen LogP contribution in [0.2, 0.25) is 0 Å². The van der Waals surface area contributed by atoms with Crippen molar-refractivity contribution in [3.8, 4) is 0 Å². The molecule has 0 spiro atoms. The average molecular weight is 279 g/mol. The van der Waals surface area contributed by atoms with Crippen LogP contribution in [-0.4, -0.2) is 58.3 Å². The van der Waals surface area contributed by atoms with E-state index in [1.165, 1.54) is 0 Å². The van der Waals surface area contributed by atoms with E-state index in [2.05, 4.69) is 15.5 Å². The largest absolute Gasteiger partial charge is 0.388 e. The molecule has 0 bridgehead atoms. The van der Waals surface area contributed by atoms with Crippen molar-refractivity contribution in [1.29, 1.82) is 0 Å². The van der Waals surface area contributed by atoms with Crippen LogP contribution < -0.4 is 10.6 Å². The van der Waals surface area contributed by atoms with E-state index in [4.69, 9.17) is 4.74 Å². The van der Waals surface area contributed by atoms with Gasteiger partial charge in [0.25, 0.3) is 5.91 Å². The van der Waals surface area contributed by atoms with Crippen molar-refractivity contribution in [2.75, 3.05) is 52.8 Å². The lowest BCUT2D eigenvalue weighted by atomic mass is 10.1. The highest BCUT2D eigenvalue weighted by Crippen LogP contribution is 2.15. The molecule has 0 saturated heterocycles.